The maximum Gasteiger partial charge on any atom is 0.224 e. The van der Waals surface area contributed by atoms with Crippen LogP contribution in [0.2, 0.25) is 0 Å². The number of hydrogen-bond acceptors (Lipinski definition) is 4. The molecule has 4 nitrogen and oxygen atoms in total. The normalized spacial score (nSPS) is 10.3. The summed E-state index contributed by atoms with van der Waals surface area (Å²) in [5.41, 5.74) is 6.20. The summed E-state index contributed by atoms with van der Waals surface area (Å²) < 4.78 is 18.8. The molecular weight excluding hydrogens is 289 g/mol. The number of rotatable bonds is 2. The van der Waals surface area contributed by atoms with E-state index in [1.54, 1.807) is 13.0 Å². The lowest BCUT2D eigenvalue weighted by atomic mass is 10.3. The van der Waals surface area contributed by atoms with Gasteiger partial charge in [-0.15, -0.1) is 0 Å². The van der Waals surface area contributed by atoms with Gasteiger partial charge in [-0.1, -0.05) is 0 Å². The summed E-state index contributed by atoms with van der Waals surface area (Å²) in [6.07, 6.45) is 0. The summed E-state index contributed by atoms with van der Waals surface area (Å²) in [6, 6.07) is 5.97. The van der Waals surface area contributed by atoms with E-state index >= 15 is 0 Å². The largest absolute Gasteiger partial charge is 0.439 e. The van der Waals surface area contributed by atoms with E-state index in [-0.39, 0.29) is 11.8 Å². The fraction of sp³-hybridized carbons (Fsp3) is 0.0909. The Bertz CT molecular complexity index is 542. The molecular formula is C11H9BrFN3O. The third-order valence-electron chi connectivity index (χ3n) is 1.96. The first kappa shape index (κ1) is 11.8. The maximum atomic E-state index is 13.0. The van der Waals surface area contributed by atoms with Gasteiger partial charge < -0.3 is 10.5 Å². The molecule has 1 heterocycles. The Hall–Kier alpha value is -1.69. The predicted octanol–water partition coefficient (Wildman–Crippen LogP) is 3.06. The highest BCUT2D eigenvalue weighted by Crippen LogP contribution is 2.25. The molecule has 88 valence electrons. The smallest absolute Gasteiger partial charge is 0.224 e. The lowest BCUT2D eigenvalue weighted by Gasteiger charge is -2.06. The van der Waals surface area contributed by atoms with Gasteiger partial charge >= 0.3 is 0 Å². The van der Waals surface area contributed by atoms with Crippen LogP contribution in [-0.4, -0.2) is 9.97 Å². The molecule has 0 spiro atoms. The third-order valence-corrected chi connectivity index (χ3v) is 2.57. The zero-order valence-electron chi connectivity index (χ0n) is 8.95. The molecule has 1 aromatic heterocycles. The predicted molar refractivity (Wildman–Crippen MR) is 65.4 cm³/mol. The van der Waals surface area contributed by atoms with E-state index in [0.717, 1.165) is 0 Å². The van der Waals surface area contributed by atoms with Crippen LogP contribution in [0.25, 0.3) is 0 Å². The highest BCUT2D eigenvalue weighted by atomic mass is 79.9. The van der Waals surface area contributed by atoms with Gasteiger partial charge in [0.2, 0.25) is 11.8 Å². The van der Waals surface area contributed by atoms with Gasteiger partial charge in [0.05, 0.1) is 4.47 Å². The number of aromatic nitrogens is 2. The Morgan fingerprint density at radius 3 is 2.71 bits per heavy atom. The van der Waals surface area contributed by atoms with Gasteiger partial charge in [0.1, 0.15) is 11.6 Å². The average Bonchev–Trinajstić information content (AvgIpc) is 2.22. The first-order valence-electron chi connectivity index (χ1n) is 4.78. The molecule has 17 heavy (non-hydrogen) atoms. The van der Waals surface area contributed by atoms with E-state index in [1.165, 1.54) is 18.2 Å². The van der Waals surface area contributed by atoms with Crippen LogP contribution >= 0.6 is 15.9 Å². The first-order valence-corrected chi connectivity index (χ1v) is 5.58. The minimum absolute atomic E-state index is 0.140. The van der Waals surface area contributed by atoms with Crippen molar-refractivity contribution in [2.75, 3.05) is 5.73 Å². The Morgan fingerprint density at radius 1 is 1.29 bits per heavy atom. The summed E-state index contributed by atoms with van der Waals surface area (Å²) in [5, 5.41) is 0. The summed E-state index contributed by atoms with van der Waals surface area (Å²) in [7, 11) is 0. The third kappa shape index (κ3) is 2.91. The molecule has 0 aliphatic carbocycles. The quantitative estimate of drug-likeness (QED) is 0.925. The van der Waals surface area contributed by atoms with Crippen molar-refractivity contribution in [2.24, 2.45) is 0 Å². The second-order valence-electron chi connectivity index (χ2n) is 3.38. The minimum Gasteiger partial charge on any atom is -0.439 e. The van der Waals surface area contributed by atoms with Gasteiger partial charge in [0.25, 0.3) is 0 Å². The van der Waals surface area contributed by atoms with Crippen molar-refractivity contribution in [2.45, 2.75) is 6.92 Å². The lowest BCUT2D eigenvalue weighted by Crippen LogP contribution is -1.98. The summed E-state index contributed by atoms with van der Waals surface area (Å²) in [4.78, 5) is 7.84. The number of anilines is 1. The second-order valence-corrected chi connectivity index (χ2v) is 4.24. The number of nitrogen functional groups attached to an aromatic ring is 1. The molecule has 0 fully saturated rings. The summed E-state index contributed by atoms with van der Waals surface area (Å²) >= 11 is 3.08. The molecule has 0 amide bonds. The SMILES string of the molecule is Cc1cc(Oc2ccc(F)c(Br)c2)nc(N)n1. The molecule has 2 aromatic rings. The zero-order chi connectivity index (χ0) is 12.4. The highest BCUT2D eigenvalue weighted by molar-refractivity contribution is 9.10. The van der Waals surface area contributed by atoms with E-state index in [1.807, 2.05) is 0 Å². The fourth-order valence-corrected chi connectivity index (χ4v) is 1.63. The number of aryl methyl sites for hydroxylation is 1. The standard InChI is InChI=1S/C11H9BrFN3O/c1-6-4-10(16-11(14)15-6)17-7-2-3-9(13)8(12)5-7/h2-5H,1H3,(H2,14,15,16). The van der Waals surface area contributed by atoms with Gasteiger partial charge in [-0.2, -0.15) is 4.98 Å². The van der Waals surface area contributed by atoms with Crippen LogP contribution < -0.4 is 10.5 Å². The maximum absolute atomic E-state index is 13.0. The van der Waals surface area contributed by atoms with Crippen LogP contribution in [0, 0.1) is 12.7 Å². The van der Waals surface area contributed by atoms with Gasteiger partial charge in [0, 0.05) is 11.8 Å². The Morgan fingerprint density at radius 2 is 2.06 bits per heavy atom. The monoisotopic (exact) mass is 297 g/mol. The van der Waals surface area contributed by atoms with Crippen molar-refractivity contribution < 1.29 is 9.13 Å². The zero-order valence-corrected chi connectivity index (χ0v) is 10.5. The fourth-order valence-electron chi connectivity index (χ4n) is 1.28. The number of benzene rings is 1. The van der Waals surface area contributed by atoms with E-state index in [0.29, 0.717) is 21.8 Å². The molecule has 0 bridgehead atoms. The van der Waals surface area contributed by atoms with Gasteiger partial charge in [-0.25, -0.2) is 9.37 Å². The molecule has 6 heteroatoms. The van der Waals surface area contributed by atoms with Crippen molar-refractivity contribution in [3.8, 4) is 11.6 Å². The van der Waals surface area contributed by atoms with Crippen LogP contribution in [0.1, 0.15) is 5.69 Å². The molecule has 0 atom stereocenters. The molecule has 0 radical (unpaired) electrons. The van der Waals surface area contributed by atoms with Crippen LogP contribution in [0.4, 0.5) is 10.3 Å². The minimum atomic E-state index is -0.351. The van der Waals surface area contributed by atoms with Crippen molar-refractivity contribution in [3.63, 3.8) is 0 Å². The van der Waals surface area contributed by atoms with Crippen molar-refractivity contribution >= 4 is 21.9 Å². The second kappa shape index (κ2) is 4.67. The molecule has 0 saturated heterocycles. The molecule has 0 unspecified atom stereocenters. The van der Waals surface area contributed by atoms with E-state index in [2.05, 4.69) is 25.9 Å². The Balaban J connectivity index is 2.28. The van der Waals surface area contributed by atoms with Crippen LogP contribution in [0.5, 0.6) is 11.6 Å². The van der Waals surface area contributed by atoms with E-state index in [9.17, 15) is 4.39 Å². The molecule has 2 N–H and O–H groups in total. The van der Waals surface area contributed by atoms with Crippen LogP contribution in [0.3, 0.4) is 0 Å². The summed E-state index contributed by atoms with van der Waals surface area (Å²) in [6.45, 7) is 1.78. The highest BCUT2D eigenvalue weighted by Gasteiger charge is 2.05. The lowest BCUT2D eigenvalue weighted by molar-refractivity contribution is 0.459. The number of halogens is 2. The van der Waals surface area contributed by atoms with E-state index < -0.39 is 0 Å². The van der Waals surface area contributed by atoms with Crippen molar-refractivity contribution in [3.05, 3.63) is 40.2 Å². The molecule has 1 aromatic carbocycles. The number of hydrogen-bond donors (Lipinski definition) is 1. The topological polar surface area (TPSA) is 61.0 Å². The van der Waals surface area contributed by atoms with Crippen LogP contribution in [0.15, 0.2) is 28.7 Å². The van der Waals surface area contributed by atoms with Crippen molar-refractivity contribution in [1.29, 1.82) is 0 Å². The number of ether oxygens (including phenoxy) is 1. The molecule has 0 saturated carbocycles. The molecule has 2 rings (SSSR count). The van der Waals surface area contributed by atoms with Gasteiger partial charge in [0.15, 0.2) is 0 Å². The number of nitrogens with zero attached hydrogens (tertiary/aromatic N) is 2. The van der Waals surface area contributed by atoms with E-state index in [4.69, 9.17) is 10.5 Å². The first-order chi connectivity index (χ1) is 8.04. The summed E-state index contributed by atoms with van der Waals surface area (Å²) in [5.74, 6) is 0.584. The molecule has 0 aliphatic heterocycles. The number of nitrogens with two attached hydrogens (primary N) is 1. The Kier molecular flexibility index (Phi) is 3.23. The van der Waals surface area contributed by atoms with Gasteiger partial charge in [-0.05, 0) is 41.1 Å². The van der Waals surface area contributed by atoms with Gasteiger partial charge in [-0.3, -0.25) is 0 Å². The molecule has 0 aliphatic rings. The van der Waals surface area contributed by atoms with Crippen molar-refractivity contribution in [1.82, 2.24) is 9.97 Å². The Labute approximate surface area is 106 Å². The van der Waals surface area contributed by atoms with Crippen LogP contribution in [-0.2, 0) is 0 Å². The average molecular weight is 298 g/mol.